The first-order valence-electron chi connectivity index (χ1n) is 6.57. The van der Waals surface area contributed by atoms with E-state index < -0.39 is 6.10 Å². The van der Waals surface area contributed by atoms with Crippen LogP contribution in [0, 0.1) is 5.41 Å². The Morgan fingerprint density at radius 1 is 1.21 bits per heavy atom. The van der Waals surface area contributed by atoms with Crippen LogP contribution in [0.15, 0.2) is 24.3 Å². The molecule has 0 saturated heterocycles. The van der Waals surface area contributed by atoms with Crippen molar-refractivity contribution in [2.24, 2.45) is 5.41 Å². The van der Waals surface area contributed by atoms with E-state index >= 15 is 0 Å². The Kier molecular flexibility index (Phi) is 6.12. The van der Waals surface area contributed by atoms with E-state index in [-0.39, 0.29) is 12.0 Å². The highest BCUT2D eigenvalue weighted by Gasteiger charge is 2.12. The highest BCUT2D eigenvalue weighted by molar-refractivity contribution is 5.39. The van der Waals surface area contributed by atoms with Gasteiger partial charge in [-0.2, -0.15) is 0 Å². The summed E-state index contributed by atoms with van der Waals surface area (Å²) in [5.74, 6) is 1.33. The van der Waals surface area contributed by atoms with Gasteiger partial charge >= 0.3 is 0 Å². The minimum absolute atomic E-state index is 0.212. The van der Waals surface area contributed by atoms with Crippen molar-refractivity contribution in [3.63, 3.8) is 0 Å². The number of para-hydroxylation sites is 2. The molecule has 2 N–H and O–H groups in total. The second-order valence-electron chi connectivity index (χ2n) is 5.81. The summed E-state index contributed by atoms with van der Waals surface area (Å²) in [6, 6.07) is 7.42. The van der Waals surface area contributed by atoms with Crippen molar-refractivity contribution >= 4 is 0 Å². The van der Waals surface area contributed by atoms with Gasteiger partial charge in [0.15, 0.2) is 11.5 Å². The van der Waals surface area contributed by atoms with Gasteiger partial charge in [0.1, 0.15) is 12.7 Å². The van der Waals surface area contributed by atoms with Crippen LogP contribution in [-0.2, 0) is 0 Å². The summed E-state index contributed by atoms with van der Waals surface area (Å²) >= 11 is 0. The van der Waals surface area contributed by atoms with Gasteiger partial charge in [0.2, 0.25) is 0 Å². The van der Waals surface area contributed by atoms with Crippen molar-refractivity contribution in [2.75, 3.05) is 26.8 Å². The zero-order valence-electron chi connectivity index (χ0n) is 12.3. The van der Waals surface area contributed by atoms with E-state index in [4.69, 9.17) is 9.47 Å². The third-order valence-electron chi connectivity index (χ3n) is 2.54. The van der Waals surface area contributed by atoms with Gasteiger partial charge in [0.25, 0.3) is 0 Å². The lowest BCUT2D eigenvalue weighted by atomic mass is 9.97. The average molecular weight is 267 g/mol. The zero-order chi connectivity index (χ0) is 14.3. The summed E-state index contributed by atoms with van der Waals surface area (Å²) in [6.07, 6.45) is -0.535. The van der Waals surface area contributed by atoms with E-state index in [0.717, 1.165) is 6.54 Å². The Balaban J connectivity index is 2.32. The van der Waals surface area contributed by atoms with Crippen molar-refractivity contribution in [3.8, 4) is 11.5 Å². The molecule has 0 aliphatic carbocycles. The largest absolute Gasteiger partial charge is 0.493 e. The number of aliphatic hydroxyl groups excluding tert-OH is 1. The summed E-state index contributed by atoms with van der Waals surface area (Å²) in [6.45, 7) is 8.08. The standard InChI is InChI=1S/C15H25NO3/c1-15(2,3)11-16-9-12(17)10-19-14-8-6-5-7-13(14)18-4/h5-8,12,16-17H,9-11H2,1-4H3. The molecular formula is C15H25NO3. The lowest BCUT2D eigenvalue weighted by Crippen LogP contribution is -2.36. The zero-order valence-corrected chi connectivity index (χ0v) is 12.3. The molecule has 0 fully saturated rings. The topological polar surface area (TPSA) is 50.7 Å². The van der Waals surface area contributed by atoms with Gasteiger partial charge in [-0.05, 0) is 17.5 Å². The smallest absolute Gasteiger partial charge is 0.161 e. The van der Waals surface area contributed by atoms with Gasteiger partial charge in [0.05, 0.1) is 7.11 Å². The summed E-state index contributed by atoms with van der Waals surface area (Å²) in [4.78, 5) is 0. The second-order valence-corrected chi connectivity index (χ2v) is 5.81. The van der Waals surface area contributed by atoms with Crippen LogP contribution in [0.2, 0.25) is 0 Å². The molecule has 4 heteroatoms. The lowest BCUT2D eigenvalue weighted by Gasteiger charge is -2.20. The van der Waals surface area contributed by atoms with Crippen LogP contribution in [0.3, 0.4) is 0 Å². The van der Waals surface area contributed by atoms with Crippen LogP contribution in [0.4, 0.5) is 0 Å². The molecule has 0 aromatic heterocycles. The fraction of sp³-hybridized carbons (Fsp3) is 0.600. The lowest BCUT2D eigenvalue weighted by molar-refractivity contribution is 0.102. The van der Waals surface area contributed by atoms with E-state index in [1.807, 2.05) is 24.3 Å². The van der Waals surface area contributed by atoms with E-state index in [0.29, 0.717) is 18.0 Å². The molecule has 19 heavy (non-hydrogen) atoms. The predicted octanol–water partition coefficient (Wildman–Crippen LogP) is 2.07. The number of methoxy groups -OCH3 is 1. The molecule has 0 saturated carbocycles. The Hall–Kier alpha value is -1.26. The van der Waals surface area contributed by atoms with Crippen LogP contribution in [0.25, 0.3) is 0 Å². The fourth-order valence-electron chi connectivity index (χ4n) is 1.60. The van der Waals surface area contributed by atoms with Crippen LogP contribution < -0.4 is 14.8 Å². The van der Waals surface area contributed by atoms with Crippen molar-refractivity contribution in [3.05, 3.63) is 24.3 Å². The predicted molar refractivity (Wildman–Crippen MR) is 76.8 cm³/mol. The maximum Gasteiger partial charge on any atom is 0.161 e. The van der Waals surface area contributed by atoms with Crippen LogP contribution >= 0.6 is 0 Å². The first-order chi connectivity index (χ1) is 8.92. The summed E-state index contributed by atoms with van der Waals surface area (Å²) in [5, 5.41) is 13.1. The first kappa shape index (κ1) is 15.8. The maximum absolute atomic E-state index is 9.84. The molecule has 0 radical (unpaired) electrons. The Morgan fingerprint density at radius 3 is 2.42 bits per heavy atom. The molecule has 0 heterocycles. The molecular weight excluding hydrogens is 242 g/mol. The molecule has 1 atom stereocenters. The first-order valence-corrected chi connectivity index (χ1v) is 6.57. The number of aliphatic hydroxyl groups is 1. The third-order valence-corrected chi connectivity index (χ3v) is 2.54. The van der Waals surface area contributed by atoms with Crippen molar-refractivity contribution < 1.29 is 14.6 Å². The average Bonchev–Trinajstić information content (AvgIpc) is 2.35. The van der Waals surface area contributed by atoms with Crippen LogP contribution in [0.1, 0.15) is 20.8 Å². The van der Waals surface area contributed by atoms with Crippen molar-refractivity contribution in [1.29, 1.82) is 0 Å². The van der Waals surface area contributed by atoms with Crippen molar-refractivity contribution in [2.45, 2.75) is 26.9 Å². The SMILES string of the molecule is COc1ccccc1OCC(O)CNCC(C)(C)C. The number of benzene rings is 1. The number of nitrogens with one attached hydrogen (secondary N) is 1. The van der Waals surface area contributed by atoms with E-state index in [2.05, 4.69) is 26.1 Å². The highest BCUT2D eigenvalue weighted by Crippen LogP contribution is 2.25. The number of rotatable bonds is 7. The van der Waals surface area contributed by atoms with Gasteiger partial charge in [-0.3, -0.25) is 0 Å². The minimum Gasteiger partial charge on any atom is -0.493 e. The van der Waals surface area contributed by atoms with Gasteiger partial charge < -0.3 is 19.9 Å². The Bertz CT molecular complexity index is 374. The quantitative estimate of drug-likeness (QED) is 0.794. The second kappa shape index (κ2) is 7.36. The molecule has 1 unspecified atom stereocenters. The number of hydrogen-bond donors (Lipinski definition) is 2. The molecule has 1 rings (SSSR count). The molecule has 0 bridgehead atoms. The normalized spacial score (nSPS) is 13.1. The van der Waals surface area contributed by atoms with Gasteiger partial charge in [-0.15, -0.1) is 0 Å². The summed E-state index contributed by atoms with van der Waals surface area (Å²) in [7, 11) is 1.60. The minimum atomic E-state index is -0.535. The Labute approximate surface area is 115 Å². The fourth-order valence-corrected chi connectivity index (χ4v) is 1.60. The molecule has 1 aromatic carbocycles. The number of ether oxygens (including phenoxy) is 2. The monoisotopic (exact) mass is 267 g/mol. The van der Waals surface area contributed by atoms with Crippen molar-refractivity contribution in [1.82, 2.24) is 5.32 Å². The molecule has 4 nitrogen and oxygen atoms in total. The van der Waals surface area contributed by atoms with E-state index in [1.54, 1.807) is 7.11 Å². The van der Waals surface area contributed by atoms with Crippen LogP contribution in [0.5, 0.6) is 11.5 Å². The molecule has 0 aliphatic heterocycles. The van der Waals surface area contributed by atoms with Gasteiger partial charge in [0, 0.05) is 13.1 Å². The summed E-state index contributed by atoms with van der Waals surface area (Å²) in [5.41, 5.74) is 0.212. The van der Waals surface area contributed by atoms with E-state index in [1.165, 1.54) is 0 Å². The maximum atomic E-state index is 9.84. The molecule has 0 aliphatic rings. The highest BCUT2D eigenvalue weighted by atomic mass is 16.5. The molecule has 0 amide bonds. The molecule has 0 spiro atoms. The van der Waals surface area contributed by atoms with Crippen LogP contribution in [-0.4, -0.2) is 38.0 Å². The Morgan fingerprint density at radius 2 is 1.84 bits per heavy atom. The number of hydrogen-bond acceptors (Lipinski definition) is 4. The van der Waals surface area contributed by atoms with Gasteiger partial charge in [-0.1, -0.05) is 32.9 Å². The molecule has 1 aromatic rings. The van der Waals surface area contributed by atoms with Gasteiger partial charge in [-0.25, -0.2) is 0 Å². The third kappa shape index (κ3) is 6.45. The van der Waals surface area contributed by atoms with E-state index in [9.17, 15) is 5.11 Å². The summed E-state index contributed by atoms with van der Waals surface area (Å²) < 4.78 is 10.7. The molecule has 108 valence electrons.